The van der Waals surface area contributed by atoms with Gasteiger partial charge in [0, 0.05) is 59.0 Å². The molecule has 0 radical (unpaired) electrons. The van der Waals surface area contributed by atoms with Crippen LogP contribution in [-0.4, -0.2) is 198 Å². The van der Waals surface area contributed by atoms with Gasteiger partial charge in [-0.25, -0.2) is 14.4 Å². The molecule has 3 aliphatic heterocycles. The first kappa shape index (κ1) is 84.9. The van der Waals surface area contributed by atoms with E-state index in [4.69, 9.17) is 70.4 Å². The molecule has 31 heteroatoms. The fourth-order valence-electron chi connectivity index (χ4n) is 10.9. The molecule has 0 spiro atoms. The van der Waals surface area contributed by atoms with Crippen LogP contribution in [0.15, 0.2) is 78.7 Å². The van der Waals surface area contributed by atoms with E-state index in [1.165, 1.54) is 69.9 Å². The van der Waals surface area contributed by atoms with Crippen LogP contribution in [0.2, 0.25) is 36.3 Å². The number of carbonyl (C=O) groups is 9. The molecule has 1 saturated heterocycles. The minimum Gasteiger partial charge on any atom is -0.493 e. The van der Waals surface area contributed by atoms with E-state index in [0.29, 0.717) is 38.7 Å². The van der Waals surface area contributed by atoms with Gasteiger partial charge in [-0.2, -0.15) is 0 Å². The van der Waals surface area contributed by atoms with E-state index in [9.17, 15) is 38.4 Å². The fourth-order valence-corrected chi connectivity index (χ4v) is 13.0. The molecule has 3 aromatic rings. The summed E-state index contributed by atoms with van der Waals surface area (Å²) in [5.74, 6) is -4.83. The molecular weight excluding hydrogens is 1400 g/mol. The molecular formula is C74H105N5O24Si2. The van der Waals surface area contributed by atoms with Crippen LogP contribution in [0.5, 0.6) is 28.7 Å². The molecule has 105 heavy (non-hydrogen) atoms. The Labute approximate surface area is 616 Å². The average Bonchev–Trinajstić information content (AvgIpc) is 1.39. The molecule has 578 valence electrons. The summed E-state index contributed by atoms with van der Waals surface area (Å²) in [4.78, 5) is 125. The molecule has 3 N–H and O–H groups in total. The molecule has 0 aliphatic carbocycles. The van der Waals surface area contributed by atoms with Gasteiger partial charge in [-0.3, -0.25) is 39.4 Å². The van der Waals surface area contributed by atoms with Gasteiger partial charge in [0.05, 0.1) is 94.5 Å². The van der Waals surface area contributed by atoms with Gasteiger partial charge in [0.15, 0.2) is 57.9 Å². The van der Waals surface area contributed by atoms with Crippen LogP contribution >= 0.6 is 0 Å². The number of hydrogen-bond donors (Lipinski definition) is 3. The number of carbonyl (C=O) groups excluding carboxylic acids is 9. The summed E-state index contributed by atoms with van der Waals surface area (Å²) in [6.45, 7) is 32.5. The number of anilines is 2. The minimum atomic E-state index is -2.29. The predicted molar refractivity (Wildman–Crippen MR) is 391 cm³/mol. The Morgan fingerprint density at radius 1 is 0.590 bits per heavy atom. The van der Waals surface area contributed by atoms with Crippen molar-refractivity contribution in [3.8, 4) is 28.7 Å². The standard InChI is InChI=1S/C74H105N5O24Si2/c1-21-28-95-71(87)76-55-37-60(58(90-14)35-52(55)67(84)78-39-44(2)32-50(78)42-97-104(17,18)73(7,8)9)93-29-23-22-24-30-94-61-38-56(53(36-59(61)91-15)68(85)79-40-45(3)33-51(79)43-98-105(19,20)74(10,11)12)77-72(88)96-41-49-25-26-57(54(34-49)66(83)75-27-31-89-13)102-70-65(101-48(6)82)63(100-47(5)81)62(99-46(4)80)64(103-70)69(86)92-16/h21,25-26,34-40,50-51,62-65,70H,1,22-24,27-33,41-43H2,2-20H3,(H,75,83)(H,76,87)(H,77,88)/t50-,51-,62-,63-,64-,65+,70+/m0/s1. The molecule has 29 nitrogen and oxygen atoms in total. The maximum absolute atomic E-state index is 15.0. The third-order valence-corrected chi connectivity index (χ3v) is 27.5. The second-order valence-electron chi connectivity index (χ2n) is 28.7. The van der Waals surface area contributed by atoms with Crippen molar-refractivity contribution in [1.82, 2.24) is 15.1 Å². The van der Waals surface area contributed by atoms with Gasteiger partial charge in [-0.15, -0.1) is 0 Å². The topological polar surface area (TPSA) is 335 Å². The Balaban J connectivity index is 1.24. The lowest BCUT2D eigenvalue weighted by molar-refractivity contribution is -0.282. The molecule has 6 rings (SSSR count). The van der Waals surface area contributed by atoms with E-state index < -0.39 is 108 Å². The van der Waals surface area contributed by atoms with Crippen LogP contribution in [0.25, 0.3) is 0 Å². The van der Waals surface area contributed by atoms with E-state index in [1.807, 2.05) is 13.8 Å². The van der Waals surface area contributed by atoms with Crippen LogP contribution in [0, 0.1) is 0 Å². The zero-order valence-corrected chi connectivity index (χ0v) is 65.9. The number of ether oxygens (including phenoxy) is 13. The van der Waals surface area contributed by atoms with E-state index in [0.717, 1.165) is 39.0 Å². The molecule has 7 atom stereocenters. The lowest BCUT2D eigenvalue weighted by atomic mass is 9.97. The van der Waals surface area contributed by atoms with Crippen LogP contribution in [0.3, 0.4) is 0 Å². The Morgan fingerprint density at radius 3 is 1.51 bits per heavy atom. The van der Waals surface area contributed by atoms with Gasteiger partial charge in [-0.05, 0) is 112 Å². The normalized spacial score (nSPS) is 18.8. The Bertz CT molecular complexity index is 3690. The van der Waals surface area contributed by atoms with Gasteiger partial charge >= 0.3 is 36.1 Å². The third-order valence-electron chi connectivity index (χ3n) is 18.5. The van der Waals surface area contributed by atoms with Gasteiger partial charge in [0.2, 0.25) is 12.4 Å². The van der Waals surface area contributed by atoms with Crippen LogP contribution < -0.4 is 39.6 Å². The molecule has 3 heterocycles. The van der Waals surface area contributed by atoms with Gasteiger partial charge < -0.3 is 85.5 Å². The lowest BCUT2D eigenvalue weighted by Gasteiger charge is -2.43. The zero-order chi connectivity index (χ0) is 77.9. The number of nitrogens with zero attached hydrogens (tertiary/aromatic N) is 2. The van der Waals surface area contributed by atoms with Crippen molar-refractivity contribution < 1.29 is 114 Å². The van der Waals surface area contributed by atoms with Gasteiger partial charge in [0.25, 0.3) is 17.7 Å². The number of rotatable bonds is 34. The number of amides is 5. The first-order valence-corrected chi connectivity index (χ1v) is 40.5. The van der Waals surface area contributed by atoms with Gasteiger partial charge in [0.1, 0.15) is 19.0 Å². The molecule has 0 aromatic heterocycles. The summed E-state index contributed by atoms with van der Waals surface area (Å²) in [6.07, 6.45) is -2.91. The number of methoxy groups -OCH3 is 4. The van der Waals surface area contributed by atoms with Crippen molar-refractivity contribution in [1.29, 1.82) is 0 Å². The second kappa shape index (κ2) is 37.8. The van der Waals surface area contributed by atoms with E-state index >= 15 is 4.79 Å². The van der Waals surface area contributed by atoms with Crippen LogP contribution in [0.1, 0.15) is 145 Å². The minimum absolute atomic E-state index is 0.00627. The quantitative estimate of drug-likeness (QED) is 0.0164. The summed E-state index contributed by atoms with van der Waals surface area (Å²) in [7, 11) is 0.871. The number of benzene rings is 3. The number of unbranched alkanes of at least 4 members (excludes halogenated alkanes) is 2. The average molecular weight is 1500 g/mol. The summed E-state index contributed by atoms with van der Waals surface area (Å²) in [5, 5.41) is 7.99. The number of esters is 4. The Kier molecular flexibility index (Phi) is 30.6. The van der Waals surface area contributed by atoms with E-state index in [-0.39, 0.29) is 124 Å². The van der Waals surface area contributed by atoms with Crippen LogP contribution in [-0.2, 0) is 72.5 Å². The van der Waals surface area contributed by atoms with Gasteiger partial charge in [-0.1, -0.05) is 71.4 Å². The second-order valence-corrected chi connectivity index (χ2v) is 38.3. The summed E-state index contributed by atoms with van der Waals surface area (Å²) >= 11 is 0. The van der Waals surface area contributed by atoms with Crippen molar-refractivity contribution in [2.75, 3.05) is 85.3 Å². The monoisotopic (exact) mass is 1500 g/mol. The maximum atomic E-state index is 15.0. The number of nitrogens with one attached hydrogen (secondary N) is 3. The number of hydrogen-bond acceptors (Lipinski definition) is 24. The molecule has 0 saturated carbocycles. The molecule has 5 amide bonds. The smallest absolute Gasteiger partial charge is 0.411 e. The van der Waals surface area contributed by atoms with E-state index in [2.05, 4.69) is 90.3 Å². The Morgan fingerprint density at radius 2 is 1.07 bits per heavy atom. The highest BCUT2D eigenvalue weighted by atomic mass is 28.4. The Hall–Kier alpha value is -9.02. The van der Waals surface area contributed by atoms with Crippen LogP contribution in [0.4, 0.5) is 21.0 Å². The predicted octanol–water partition coefficient (Wildman–Crippen LogP) is 11.5. The highest BCUT2D eigenvalue weighted by Crippen LogP contribution is 2.42. The van der Waals surface area contributed by atoms with Crippen molar-refractivity contribution in [2.45, 2.75) is 194 Å². The summed E-state index contributed by atoms with van der Waals surface area (Å²) < 4.78 is 87.2. The van der Waals surface area contributed by atoms with E-state index in [1.54, 1.807) is 22.2 Å². The molecule has 3 aliphatic rings. The van der Waals surface area contributed by atoms with Crippen molar-refractivity contribution in [2.24, 2.45) is 0 Å². The largest absolute Gasteiger partial charge is 0.493 e. The highest BCUT2D eigenvalue weighted by Gasteiger charge is 2.56. The molecule has 0 bridgehead atoms. The molecule has 3 aromatic carbocycles. The molecule has 1 fully saturated rings. The first-order chi connectivity index (χ1) is 49.4. The van der Waals surface area contributed by atoms with Crippen molar-refractivity contribution in [3.63, 3.8) is 0 Å². The highest BCUT2D eigenvalue weighted by molar-refractivity contribution is 6.74. The lowest BCUT2D eigenvalue weighted by Crippen LogP contribution is -2.64. The van der Waals surface area contributed by atoms with Crippen molar-refractivity contribution >= 4 is 81.8 Å². The summed E-state index contributed by atoms with van der Waals surface area (Å²) in [6, 6.07) is 9.40. The first-order valence-electron chi connectivity index (χ1n) is 34.6. The fraction of sp³-hybridized carbons (Fsp3) is 0.554. The SMILES string of the molecule is C=CCOC(=O)Nc1cc(OCCCCCOc2cc(NC(=O)OCc3ccc(O[C@@H]4O[C@H](C(=O)OC)[C@@H](OC(C)=O)[C@H](OC(C)=O)[C@H]4OC(C)=O)c(C(=O)NCCOC)c3)c(C(=O)N3C=C(C)C[C@H]3CO[Si](C)(C)C(C)(C)C)cc2OC)c(OC)cc1C(=O)N1C=C(C)C[C@H]1CO[Si](C)(C)C(C)(C)C. The summed E-state index contributed by atoms with van der Waals surface area (Å²) in [5.41, 5.74) is 2.26. The maximum Gasteiger partial charge on any atom is 0.411 e. The van der Waals surface area contributed by atoms with Crippen molar-refractivity contribution in [3.05, 3.63) is 101 Å². The molecule has 0 unspecified atom stereocenters. The third kappa shape index (κ3) is 23.2. The zero-order valence-electron chi connectivity index (χ0n) is 63.9.